The number of aliphatic imine (C=N–C) groups is 1. The highest BCUT2D eigenvalue weighted by Gasteiger charge is 2.25. The van der Waals surface area contributed by atoms with E-state index in [4.69, 9.17) is 4.99 Å². The van der Waals surface area contributed by atoms with Crippen molar-refractivity contribution in [2.75, 3.05) is 59.4 Å². The van der Waals surface area contributed by atoms with Crippen LogP contribution in [0.4, 0.5) is 0 Å². The van der Waals surface area contributed by atoms with Gasteiger partial charge in [0.1, 0.15) is 0 Å². The highest BCUT2D eigenvalue weighted by molar-refractivity contribution is 14.0. The minimum atomic E-state index is 0. The monoisotopic (exact) mass is 513 g/mol. The number of likely N-dealkylation sites (tertiary alicyclic amines) is 1. The molecule has 164 valence electrons. The lowest BCUT2D eigenvalue weighted by Gasteiger charge is -2.40. The summed E-state index contributed by atoms with van der Waals surface area (Å²) in [7, 11) is 2.22. The van der Waals surface area contributed by atoms with Gasteiger partial charge in [0.2, 0.25) is 0 Å². The van der Waals surface area contributed by atoms with Gasteiger partial charge in [-0.05, 0) is 57.8 Å². The Balaban J connectivity index is 0.00000300. The average molecular weight is 514 g/mol. The fourth-order valence-electron chi connectivity index (χ4n) is 4.51. The van der Waals surface area contributed by atoms with Crippen molar-refractivity contribution < 1.29 is 0 Å². The Kier molecular flexibility index (Phi) is 10.7. The smallest absolute Gasteiger partial charge is 0.194 e. The van der Waals surface area contributed by atoms with Crippen LogP contribution in [0.2, 0.25) is 0 Å². The van der Waals surface area contributed by atoms with Crippen LogP contribution in [0.15, 0.2) is 35.3 Å². The van der Waals surface area contributed by atoms with Crippen LogP contribution >= 0.6 is 24.0 Å². The van der Waals surface area contributed by atoms with E-state index >= 15 is 0 Å². The summed E-state index contributed by atoms with van der Waals surface area (Å²) in [6.07, 6.45) is 3.72. The molecule has 3 rings (SSSR count). The summed E-state index contributed by atoms with van der Waals surface area (Å²) in [6.45, 7) is 13.1. The maximum absolute atomic E-state index is 5.03. The predicted molar refractivity (Wildman–Crippen MR) is 134 cm³/mol. The lowest BCUT2D eigenvalue weighted by Crippen LogP contribution is -2.53. The van der Waals surface area contributed by atoms with Gasteiger partial charge in [-0.1, -0.05) is 37.3 Å². The number of hydrogen-bond acceptors (Lipinski definition) is 3. The maximum Gasteiger partial charge on any atom is 0.194 e. The Morgan fingerprint density at radius 3 is 2.28 bits per heavy atom. The zero-order chi connectivity index (χ0) is 19.8. The molecule has 0 spiro atoms. The van der Waals surface area contributed by atoms with Crippen LogP contribution < -0.4 is 5.32 Å². The molecular weight excluding hydrogens is 473 g/mol. The first-order valence-electron chi connectivity index (χ1n) is 11.2. The topological polar surface area (TPSA) is 34.1 Å². The highest BCUT2D eigenvalue weighted by Crippen LogP contribution is 2.25. The van der Waals surface area contributed by atoms with E-state index in [1.807, 2.05) is 0 Å². The third-order valence-electron chi connectivity index (χ3n) is 6.30. The molecular formula is C23H40IN5. The van der Waals surface area contributed by atoms with Gasteiger partial charge in [-0.3, -0.25) is 9.89 Å². The molecule has 0 aliphatic carbocycles. The maximum atomic E-state index is 5.03. The quantitative estimate of drug-likeness (QED) is 0.358. The number of rotatable bonds is 6. The van der Waals surface area contributed by atoms with Crippen molar-refractivity contribution in [2.24, 2.45) is 10.9 Å². The predicted octanol–water partition coefficient (Wildman–Crippen LogP) is 3.68. The number of nitrogens with one attached hydrogen (secondary N) is 1. The molecule has 1 atom stereocenters. The molecule has 1 aromatic carbocycles. The van der Waals surface area contributed by atoms with Gasteiger partial charge in [0, 0.05) is 45.3 Å². The molecule has 2 saturated heterocycles. The molecule has 2 aliphatic rings. The molecule has 2 aliphatic heterocycles. The van der Waals surface area contributed by atoms with E-state index in [2.05, 4.69) is 71.2 Å². The zero-order valence-electron chi connectivity index (χ0n) is 18.5. The van der Waals surface area contributed by atoms with Gasteiger partial charge in [0.05, 0.1) is 0 Å². The SMILES string of the molecule is CCNC(=NCC1CCN(C)CC1)N1CCN(C(CC)c2ccccc2)CC1.I. The number of benzene rings is 1. The third kappa shape index (κ3) is 7.10. The first-order chi connectivity index (χ1) is 13.7. The highest BCUT2D eigenvalue weighted by atomic mass is 127. The number of halogens is 1. The minimum Gasteiger partial charge on any atom is -0.357 e. The molecule has 0 amide bonds. The summed E-state index contributed by atoms with van der Waals surface area (Å²) in [5, 5.41) is 3.54. The molecule has 29 heavy (non-hydrogen) atoms. The van der Waals surface area contributed by atoms with Crippen molar-refractivity contribution in [3.05, 3.63) is 35.9 Å². The van der Waals surface area contributed by atoms with E-state index < -0.39 is 0 Å². The first-order valence-corrected chi connectivity index (χ1v) is 11.2. The van der Waals surface area contributed by atoms with E-state index in [1.165, 1.54) is 31.5 Å². The van der Waals surface area contributed by atoms with Crippen molar-refractivity contribution in [3.8, 4) is 0 Å². The molecule has 0 saturated carbocycles. The molecule has 6 heteroatoms. The molecule has 1 N–H and O–H groups in total. The Morgan fingerprint density at radius 1 is 1.03 bits per heavy atom. The fraction of sp³-hybridized carbons (Fsp3) is 0.696. The summed E-state index contributed by atoms with van der Waals surface area (Å²) in [4.78, 5) is 12.6. The molecule has 5 nitrogen and oxygen atoms in total. The second-order valence-electron chi connectivity index (χ2n) is 8.30. The Morgan fingerprint density at radius 2 is 1.69 bits per heavy atom. The van der Waals surface area contributed by atoms with Gasteiger partial charge < -0.3 is 15.1 Å². The number of nitrogens with zero attached hydrogens (tertiary/aromatic N) is 4. The van der Waals surface area contributed by atoms with Gasteiger partial charge in [0.25, 0.3) is 0 Å². The Labute approximate surface area is 194 Å². The van der Waals surface area contributed by atoms with Crippen LogP contribution in [0.3, 0.4) is 0 Å². The van der Waals surface area contributed by atoms with E-state index in [0.29, 0.717) is 6.04 Å². The molecule has 1 unspecified atom stereocenters. The van der Waals surface area contributed by atoms with E-state index in [0.717, 1.165) is 57.6 Å². The lowest BCUT2D eigenvalue weighted by molar-refractivity contribution is 0.126. The van der Waals surface area contributed by atoms with Crippen LogP contribution in [-0.2, 0) is 0 Å². The van der Waals surface area contributed by atoms with Crippen molar-refractivity contribution >= 4 is 29.9 Å². The van der Waals surface area contributed by atoms with E-state index in [9.17, 15) is 0 Å². The van der Waals surface area contributed by atoms with E-state index in [-0.39, 0.29) is 24.0 Å². The first kappa shape index (κ1) is 24.4. The van der Waals surface area contributed by atoms with Crippen LogP contribution in [0, 0.1) is 5.92 Å². The van der Waals surface area contributed by atoms with Gasteiger partial charge in [-0.2, -0.15) is 0 Å². The summed E-state index contributed by atoms with van der Waals surface area (Å²) in [5.41, 5.74) is 1.45. The lowest BCUT2D eigenvalue weighted by atomic mass is 9.97. The number of piperazine rings is 1. The van der Waals surface area contributed by atoms with Crippen molar-refractivity contribution in [3.63, 3.8) is 0 Å². The van der Waals surface area contributed by atoms with Crippen LogP contribution in [-0.4, -0.2) is 80.1 Å². The minimum absolute atomic E-state index is 0. The summed E-state index contributed by atoms with van der Waals surface area (Å²) in [6, 6.07) is 11.5. The Bertz CT molecular complexity index is 593. The number of hydrogen-bond donors (Lipinski definition) is 1. The van der Waals surface area contributed by atoms with Gasteiger partial charge >= 0.3 is 0 Å². The summed E-state index contributed by atoms with van der Waals surface area (Å²) >= 11 is 0. The molecule has 1 aromatic rings. The zero-order valence-corrected chi connectivity index (χ0v) is 20.8. The second kappa shape index (κ2) is 12.7. The summed E-state index contributed by atoms with van der Waals surface area (Å²) in [5.74, 6) is 1.86. The van der Waals surface area contributed by atoms with Gasteiger partial charge in [-0.25, -0.2) is 0 Å². The molecule has 0 aromatic heterocycles. The molecule has 2 fully saturated rings. The van der Waals surface area contributed by atoms with Crippen molar-refractivity contribution in [1.82, 2.24) is 20.0 Å². The molecule has 2 heterocycles. The normalized spacial score (nSPS) is 20.9. The molecule has 0 radical (unpaired) electrons. The number of piperidine rings is 1. The van der Waals surface area contributed by atoms with Crippen LogP contribution in [0.5, 0.6) is 0 Å². The summed E-state index contributed by atoms with van der Waals surface area (Å²) < 4.78 is 0. The van der Waals surface area contributed by atoms with Crippen molar-refractivity contribution in [1.29, 1.82) is 0 Å². The van der Waals surface area contributed by atoms with E-state index in [1.54, 1.807) is 0 Å². The largest absolute Gasteiger partial charge is 0.357 e. The standard InChI is InChI=1S/C23H39N5.HI/c1-4-22(21-9-7-6-8-10-21)27-15-17-28(18-16-27)23(24-5-2)25-19-20-11-13-26(3)14-12-20;/h6-10,20,22H,4-5,11-19H2,1-3H3,(H,24,25);1H. The van der Waals surface area contributed by atoms with Gasteiger partial charge in [-0.15, -0.1) is 24.0 Å². The average Bonchev–Trinajstić information content (AvgIpc) is 2.74. The molecule has 0 bridgehead atoms. The third-order valence-corrected chi connectivity index (χ3v) is 6.30. The van der Waals surface area contributed by atoms with Gasteiger partial charge in [0.15, 0.2) is 5.96 Å². The van der Waals surface area contributed by atoms with Crippen LogP contribution in [0.25, 0.3) is 0 Å². The second-order valence-corrected chi connectivity index (χ2v) is 8.30. The fourth-order valence-corrected chi connectivity index (χ4v) is 4.51. The van der Waals surface area contributed by atoms with Crippen LogP contribution in [0.1, 0.15) is 44.7 Å². The van der Waals surface area contributed by atoms with Crippen molar-refractivity contribution in [2.45, 2.75) is 39.2 Å². The Hall–Kier alpha value is -0.860. The number of guanidine groups is 1.